The first kappa shape index (κ1) is 19.6. The number of nitrogens with zero attached hydrogens (tertiary/aromatic N) is 3. The zero-order valence-electron chi connectivity index (χ0n) is 16.7. The molecule has 2 atom stereocenters. The quantitative estimate of drug-likeness (QED) is 0.645. The van der Waals surface area contributed by atoms with Crippen molar-refractivity contribution in [3.8, 4) is 5.69 Å². The normalized spacial score (nSPS) is 19.3. The summed E-state index contributed by atoms with van der Waals surface area (Å²) in [6.07, 6.45) is 2.69. The van der Waals surface area contributed by atoms with Gasteiger partial charge in [-0.2, -0.15) is 0 Å². The molecule has 1 aliphatic heterocycles. The van der Waals surface area contributed by atoms with Gasteiger partial charge < -0.3 is 4.90 Å². The fourth-order valence-electron chi connectivity index (χ4n) is 3.94. The van der Waals surface area contributed by atoms with Crippen LogP contribution >= 0.6 is 0 Å². The molecule has 3 aromatic rings. The number of aromatic nitrogens is 2. The van der Waals surface area contributed by atoms with Crippen molar-refractivity contribution in [1.82, 2.24) is 14.5 Å². The molecule has 0 radical (unpaired) electrons. The predicted molar refractivity (Wildman–Crippen MR) is 114 cm³/mol. The van der Waals surface area contributed by atoms with Crippen molar-refractivity contribution < 1.29 is 13.2 Å². The lowest BCUT2D eigenvalue weighted by molar-refractivity contribution is -0.132. The third-order valence-electron chi connectivity index (χ3n) is 5.87. The Morgan fingerprint density at radius 3 is 2.62 bits per heavy atom. The molecule has 0 N–H and O–H groups in total. The molecule has 1 fully saturated rings. The summed E-state index contributed by atoms with van der Waals surface area (Å²) >= 11 is 0. The number of rotatable bonds is 5. The molecule has 0 aliphatic carbocycles. The van der Waals surface area contributed by atoms with Gasteiger partial charge in [-0.1, -0.05) is 24.3 Å². The van der Waals surface area contributed by atoms with E-state index in [0.717, 1.165) is 22.3 Å². The Kier molecular flexibility index (Phi) is 5.17. The second-order valence-electron chi connectivity index (χ2n) is 7.85. The Bertz CT molecular complexity index is 1140. The molecule has 2 unspecified atom stereocenters. The monoisotopic (exact) mass is 411 g/mol. The van der Waals surface area contributed by atoms with E-state index >= 15 is 0 Å². The summed E-state index contributed by atoms with van der Waals surface area (Å²) in [5.41, 5.74) is 4.05. The van der Waals surface area contributed by atoms with Crippen molar-refractivity contribution in [2.75, 3.05) is 18.6 Å². The number of para-hydroxylation sites is 2. The second-order valence-corrected chi connectivity index (χ2v) is 10.1. The van der Waals surface area contributed by atoms with Crippen molar-refractivity contribution in [3.63, 3.8) is 0 Å². The third kappa shape index (κ3) is 4.05. The van der Waals surface area contributed by atoms with Crippen LogP contribution in [0.5, 0.6) is 0 Å². The van der Waals surface area contributed by atoms with Gasteiger partial charge >= 0.3 is 0 Å². The van der Waals surface area contributed by atoms with Crippen LogP contribution in [0.2, 0.25) is 0 Å². The van der Waals surface area contributed by atoms with Crippen LogP contribution in [-0.2, 0) is 14.6 Å². The molecule has 2 aromatic carbocycles. The lowest BCUT2D eigenvalue weighted by Gasteiger charge is -2.26. The smallest absolute Gasteiger partial charge is 0.223 e. The molecule has 6 nitrogen and oxygen atoms in total. The molecule has 1 saturated heterocycles. The molecule has 0 bridgehead atoms. The number of sulfone groups is 1. The van der Waals surface area contributed by atoms with E-state index in [1.807, 2.05) is 66.3 Å². The van der Waals surface area contributed by atoms with Crippen LogP contribution in [0.25, 0.3) is 16.7 Å². The molecule has 1 amide bonds. The second kappa shape index (κ2) is 7.63. The Labute approximate surface area is 171 Å². The molecule has 2 heterocycles. The topological polar surface area (TPSA) is 72.3 Å². The van der Waals surface area contributed by atoms with Gasteiger partial charge in [0.1, 0.15) is 6.33 Å². The van der Waals surface area contributed by atoms with Gasteiger partial charge in [0, 0.05) is 19.2 Å². The summed E-state index contributed by atoms with van der Waals surface area (Å²) in [5.74, 6) is 0.270. The van der Waals surface area contributed by atoms with Crippen molar-refractivity contribution in [2.24, 2.45) is 5.92 Å². The summed E-state index contributed by atoms with van der Waals surface area (Å²) in [6, 6.07) is 16.0. The van der Waals surface area contributed by atoms with Crippen LogP contribution in [0.15, 0.2) is 54.9 Å². The van der Waals surface area contributed by atoms with Crippen LogP contribution in [-0.4, -0.2) is 47.3 Å². The van der Waals surface area contributed by atoms with E-state index in [4.69, 9.17) is 0 Å². The van der Waals surface area contributed by atoms with Gasteiger partial charge in [-0.15, -0.1) is 0 Å². The largest absolute Gasteiger partial charge is 0.339 e. The number of amides is 1. The maximum absolute atomic E-state index is 12.6. The lowest BCUT2D eigenvalue weighted by Crippen LogP contribution is -2.31. The summed E-state index contributed by atoms with van der Waals surface area (Å²) in [7, 11) is -1.17. The van der Waals surface area contributed by atoms with Gasteiger partial charge in [0.25, 0.3) is 0 Å². The van der Waals surface area contributed by atoms with E-state index in [1.165, 1.54) is 0 Å². The number of imidazole rings is 1. The Morgan fingerprint density at radius 1 is 1.21 bits per heavy atom. The maximum Gasteiger partial charge on any atom is 0.223 e. The number of carbonyl (C=O) groups is 1. The van der Waals surface area contributed by atoms with Gasteiger partial charge in [0.15, 0.2) is 9.84 Å². The Hall–Kier alpha value is -2.67. The van der Waals surface area contributed by atoms with Crippen molar-refractivity contribution in [3.05, 3.63) is 60.4 Å². The van der Waals surface area contributed by atoms with Crippen LogP contribution in [0, 0.1) is 5.92 Å². The minimum atomic E-state index is -2.96. The van der Waals surface area contributed by atoms with E-state index in [-0.39, 0.29) is 29.4 Å². The molecule has 0 spiro atoms. The zero-order valence-corrected chi connectivity index (χ0v) is 17.5. The molecule has 152 valence electrons. The van der Waals surface area contributed by atoms with Crippen LogP contribution in [0.3, 0.4) is 0 Å². The molecule has 4 rings (SSSR count). The summed E-state index contributed by atoms with van der Waals surface area (Å²) in [4.78, 5) is 18.8. The highest BCUT2D eigenvalue weighted by Crippen LogP contribution is 2.26. The van der Waals surface area contributed by atoms with E-state index in [0.29, 0.717) is 12.8 Å². The minimum Gasteiger partial charge on any atom is -0.339 e. The highest BCUT2D eigenvalue weighted by atomic mass is 32.2. The Balaban J connectivity index is 1.46. The fraction of sp³-hybridized carbons (Fsp3) is 0.364. The van der Waals surface area contributed by atoms with Crippen LogP contribution in [0.1, 0.15) is 31.4 Å². The van der Waals surface area contributed by atoms with E-state index in [9.17, 15) is 13.2 Å². The van der Waals surface area contributed by atoms with Crippen LogP contribution in [0.4, 0.5) is 0 Å². The maximum atomic E-state index is 12.6. The zero-order chi connectivity index (χ0) is 20.6. The van der Waals surface area contributed by atoms with Crippen molar-refractivity contribution in [1.29, 1.82) is 0 Å². The minimum absolute atomic E-state index is 0.00993. The molecular formula is C22H25N3O3S. The van der Waals surface area contributed by atoms with Crippen molar-refractivity contribution >= 4 is 26.8 Å². The molecule has 0 saturated carbocycles. The first-order valence-corrected chi connectivity index (χ1v) is 11.6. The Morgan fingerprint density at radius 2 is 1.93 bits per heavy atom. The average molecular weight is 412 g/mol. The van der Waals surface area contributed by atoms with E-state index < -0.39 is 9.84 Å². The number of hydrogen-bond acceptors (Lipinski definition) is 4. The highest BCUT2D eigenvalue weighted by Gasteiger charge is 2.31. The fourth-order valence-corrected chi connectivity index (χ4v) is 5.80. The first-order chi connectivity index (χ1) is 13.8. The summed E-state index contributed by atoms with van der Waals surface area (Å²) < 4.78 is 25.3. The molecular weight excluding hydrogens is 386 g/mol. The van der Waals surface area contributed by atoms with Gasteiger partial charge in [0.05, 0.1) is 28.6 Å². The number of fused-ring (bicyclic) bond motifs is 1. The number of hydrogen-bond donors (Lipinski definition) is 0. The standard InChI is InChI=1S/C22H25N3O3S/c1-16(24(2)22(26)13-17-11-12-29(27,28)14-17)18-7-9-19(10-8-18)25-15-23-20-5-3-4-6-21(20)25/h3-10,15-17H,11-14H2,1-2H3. The van der Waals surface area contributed by atoms with E-state index in [1.54, 1.807) is 11.9 Å². The molecule has 7 heteroatoms. The van der Waals surface area contributed by atoms with E-state index in [2.05, 4.69) is 4.98 Å². The number of benzene rings is 2. The first-order valence-electron chi connectivity index (χ1n) is 9.82. The van der Waals surface area contributed by atoms with Gasteiger partial charge in [-0.05, 0) is 49.1 Å². The summed E-state index contributed by atoms with van der Waals surface area (Å²) in [5, 5.41) is 0. The highest BCUT2D eigenvalue weighted by molar-refractivity contribution is 7.91. The molecule has 29 heavy (non-hydrogen) atoms. The lowest BCUT2D eigenvalue weighted by atomic mass is 10.0. The molecule has 1 aromatic heterocycles. The average Bonchev–Trinajstić information content (AvgIpc) is 3.29. The van der Waals surface area contributed by atoms with Crippen LogP contribution < -0.4 is 0 Å². The number of carbonyl (C=O) groups excluding carboxylic acids is 1. The van der Waals surface area contributed by atoms with Gasteiger partial charge in [-0.3, -0.25) is 9.36 Å². The SMILES string of the molecule is CC(c1ccc(-n2cnc3ccccc32)cc1)N(C)C(=O)CC1CCS(=O)(=O)C1. The van der Waals surface area contributed by atoms with Crippen molar-refractivity contribution in [2.45, 2.75) is 25.8 Å². The third-order valence-corrected chi connectivity index (χ3v) is 7.71. The van der Waals surface area contributed by atoms with Gasteiger partial charge in [-0.25, -0.2) is 13.4 Å². The molecule has 1 aliphatic rings. The summed E-state index contributed by atoms with van der Waals surface area (Å²) in [6.45, 7) is 1.99. The predicted octanol–water partition coefficient (Wildman–Crippen LogP) is 3.37. The van der Waals surface area contributed by atoms with Gasteiger partial charge in [0.2, 0.25) is 5.91 Å².